The second-order valence-corrected chi connectivity index (χ2v) is 7.05. The van der Waals surface area contributed by atoms with E-state index >= 15 is 0 Å². The molecule has 0 aromatic heterocycles. The summed E-state index contributed by atoms with van der Waals surface area (Å²) in [5.74, 6) is -3.16. The quantitative estimate of drug-likeness (QED) is 0.906. The molecule has 1 amide bonds. The molecule has 2 aliphatic rings. The van der Waals surface area contributed by atoms with Crippen LogP contribution in [0.2, 0.25) is 0 Å². The van der Waals surface area contributed by atoms with Gasteiger partial charge in [-0.2, -0.15) is 0 Å². The van der Waals surface area contributed by atoms with Gasteiger partial charge in [0.2, 0.25) is 0 Å². The van der Waals surface area contributed by atoms with Crippen molar-refractivity contribution in [2.75, 3.05) is 26.2 Å². The van der Waals surface area contributed by atoms with Crippen LogP contribution in [0, 0.1) is 11.6 Å². The number of morpholine rings is 1. The van der Waals surface area contributed by atoms with E-state index in [-0.39, 0.29) is 18.2 Å². The highest BCUT2D eigenvalue weighted by atomic mass is 19.1. The first-order chi connectivity index (χ1) is 11.8. The van der Waals surface area contributed by atoms with Gasteiger partial charge in [-0.15, -0.1) is 0 Å². The molecule has 2 fully saturated rings. The van der Waals surface area contributed by atoms with Crippen molar-refractivity contribution in [1.29, 1.82) is 0 Å². The van der Waals surface area contributed by atoms with Gasteiger partial charge in [-0.25, -0.2) is 8.78 Å². The van der Waals surface area contributed by atoms with Crippen LogP contribution in [-0.4, -0.2) is 65.2 Å². The molecule has 0 unspecified atom stereocenters. The fourth-order valence-electron chi connectivity index (χ4n) is 3.94. The summed E-state index contributed by atoms with van der Waals surface area (Å²) < 4.78 is 32.9. The first kappa shape index (κ1) is 18.1. The molecule has 0 saturated carbocycles. The smallest absolute Gasteiger partial charge is 0.260 e. The third-order valence-electron chi connectivity index (χ3n) is 4.85. The molecule has 0 radical (unpaired) electrons. The van der Waals surface area contributed by atoms with Gasteiger partial charge in [0.25, 0.3) is 5.91 Å². The van der Waals surface area contributed by atoms with Crippen LogP contribution in [0.25, 0.3) is 0 Å². The van der Waals surface area contributed by atoms with Crippen LogP contribution >= 0.6 is 0 Å². The van der Waals surface area contributed by atoms with Crippen molar-refractivity contribution in [3.05, 3.63) is 29.3 Å². The van der Waals surface area contributed by atoms with E-state index in [0.29, 0.717) is 19.2 Å². The largest absolute Gasteiger partial charge is 0.507 e. The Morgan fingerprint density at radius 2 is 1.96 bits per heavy atom. The monoisotopic (exact) mass is 354 g/mol. The molecule has 0 bridgehead atoms. The van der Waals surface area contributed by atoms with E-state index in [4.69, 9.17) is 4.74 Å². The van der Waals surface area contributed by atoms with Crippen molar-refractivity contribution >= 4 is 5.91 Å². The molecule has 138 valence electrons. The van der Waals surface area contributed by atoms with Gasteiger partial charge in [-0.3, -0.25) is 9.69 Å². The SMILES string of the molecule is C[C@@H]1CN(C[C@H]2CCCN2C(=O)c2c(O)cc(F)cc2F)C[C@H](C)O1. The molecule has 0 spiro atoms. The van der Waals surface area contributed by atoms with Crippen molar-refractivity contribution in [2.24, 2.45) is 0 Å². The lowest BCUT2D eigenvalue weighted by Gasteiger charge is -2.38. The van der Waals surface area contributed by atoms with Crippen molar-refractivity contribution in [1.82, 2.24) is 9.80 Å². The molecule has 3 rings (SSSR count). The average molecular weight is 354 g/mol. The Kier molecular flexibility index (Phi) is 5.24. The van der Waals surface area contributed by atoms with Crippen molar-refractivity contribution in [3.63, 3.8) is 0 Å². The van der Waals surface area contributed by atoms with Crippen molar-refractivity contribution in [3.8, 4) is 5.75 Å². The molecule has 1 N–H and O–H groups in total. The highest BCUT2D eigenvalue weighted by Crippen LogP contribution is 2.28. The number of phenolic OH excluding ortho intramolecular Hbond substituents is 1. The lowest BCUT2D eigenvalue weighted by Crippen LogP contribution is -2.51. The minimum atomic E-state index is -1.03. The number of nitrogens with zero attached hydrogens (tertiary/aromatic N) is 2. The molecule has 7 heteroatoms. The number of aromatic hydroxyl groups is 1. The summed E-state index contributed by atoms with van der Waals surface area (Å²) in [6, 6.07) is 1.35. The molecule has 3 atom stereocenters. The Labute approximate surface area is 146 Å². The normalized spacial score (nSPS) is 27.7. The zero-order valence-corrected chi connectivity index (χ0v) is 14.5. The average Bonchev–Trinajstić information content (AvgIpc) is 2.92. The van der Waals surface area contributed by atoms with E-state index in [0.717, 1.165) is 32.0 Å². The lowest BCUT2D eigenvalue weighted by molar-refractivity contribution is -0.0715. The van der Waals surface area contributed by atoms with Gasteiger partial charge in [0.15, 0.2) is 0 Å². The molecule has 1 aromatic rings. The number of likely N-dealkylation sites (tertiary alicyclic amines) is 1. The van der Waals surface area contributed by atoms with E-state index in [2.05, 4.69) is 4.90 Å². The molecule has 2 saturated heterocycles. The Morgan fingerprint density at radius 3 is 2.60 bits per heavy atom. The molecule has 2 aliphatic heterocycles. The van der Waals surface area contributed by atoms with Crippen LogP contribution in [0.15, 0.2) is 12.1 Å². The highest BCUT2D eigenvalue weighted by Gasteiger charge is 2.35. The van der Waals surface area contributed by atoms with Gasteiger partial charge in [0.05, 0.1) is 12.2 Å². The van der Waals surface area contributed by atoms with Gasteiger partial charge < -0.3 is 14.7 Å². The molecular weight excluding hydrogens is 330 g/mol. The molecule has 2 heterocycles. The van der Waals surface area contributed by atoms with Gasteiger partial charge in [0.1, 0.15) is 22.9 Å². The topological polar surface area (TPSA) is 53.0 Å². The first-order valence-electron chi connectivity index (χ1n) is 8.72. The summed E-state index contributed by atoms with van der Waals surface area (Å²) in [6.45, 7) is 6.82. The van der Waals surface area contributed by atoms with Crippen LogP contribution in [0.3, 0.4) is 0 Å². The number of halogens is 2. The van der Waals surface area contributed by atoms with Gasteiger partial charge in [-0.05, 0) is 26.7 Å². The molecule has 1 aromatic carbocycles. The van der Waals surface area contributed by atoms with E-state index in [1.165, 1.54) is 0 Å². The Balaban J connectivity index is 1.74. The number of ether oxygens (including phenoxy) is 1. The summed E-state index contributed by atoms with van der Waals surface area (Å²) >= 11 is 0. The second kappa shape index (κ2) is 7.25. The Hall–Kier alpha value is -1.73. The number of carbonyl (C=O) groups excluding carboxylic acids is 1. The van der Waals surface area contributed by atoms with E-state index in [9.17, 15) is 18.7 Å². The fraction of sp³-hybridized carbons (Fsp3) is 0.611. The van der Waals surface area contributed by atoms with Crippen LogP contribution < -0.4 is 0 Å². The van der Waals surface area contributed by atoms with Crippen LogP contribution in [0.4, 0.5) is 8.78 Å². The summed E-state index contributed by atoms with van der Waals surface area (Å²) in [6.07, 6.45) is 1.92. The number of phenols is 1. The second-order valence-electron chi connectivity index (χ2n) is 7.05. The molecular formula is C18H24F2N2O3. The molecule has 5 nitrogen and oxygen atoms in total. The first-order valence-corrected chi connectivity index (χ1v) is 8.72. The number of hydrogen-bond donors (Lipinski definition) is 1. The number of rotatable bonds is 3. The Morgan fingerprint density at radius 1 is 1.28 bits per heavy atom. The molecule has 0 aliphatic carbocycles. The van der Waals surface area contributed by atoms with E-state index in [1.807, 2.05) is 13.8 Å². The minimum absolute atomic E-state index is 0.0474. The number of benzene rings is 1. The zero-order chi connectivity index (χ0) is 18.1. The fourth-order valence-corrected chi connectivity index (χ4v) is 3.94. The highest BCUT2D eigenvalue weighted by molar-refractivity contribution is 5.97. The predicted octanol–water partition coefficient (Wildman–Crippen LogP) is 2.38. The van der Waals surface area contributed by atoms with E-state index in [1.54, 1.807) is 4.90 Å². The standard InChI is InChI=1S/C18H24F2N2O3/c1-11-8-21(9-12(2)25-11)10-14-4-3-5-22(14)18(24)17-15(20)6-13(19)7-16(17)23/h6-7,11-12,14,23H,3-5,8-10H2,1-2H3/t11-,12+,14-/m1/s1. The third-order valence-corrected chi connectivity index (χ3v) is 4.85. The van der Waals surface area contributed by atoms with Gasteiger partial charge >= 0.3 is 0 Å². The van der Waals surface area contributed by atoms with Crippen LogP contribution in [0.5, 0.6) is 5.75 Å². The van der Waals surface area contributed by atoms with Gasteiger partial charge in [0, 0.05) is 44.4 Å². The number of amides is 1. The zero-order valence-electron chi connectivity index (χ0n) is 14.5. The summed E-state index contributed by atoms with van der Waals surface area (Å²) in [7, 11) is 0. The Bertz CT molecular complexity index is 622. The van der Waals surface area contributed by atoms with Crippen molar-refractivity contribution < 1.29 is 23.4 Å². The van der Waals surface area contributed by atoms with Crippen LogP contribution in [0.1, 0.15) is 37.0 Å². The van der Waals surface area contributed by atoms with Gasteiger partial charge in [-0.1, -0.05) is 0 Å². The minimum Gasteiger partial charge on any atom is -0.507 e. The van der Waals surface area contributed by atoms with Crippen LogP contribution in [-0.2, 0) is 4.74 Å². The maximum Gasteiger partial charge on any atom is 0.260 e. The molecule has 25 heavy (non-hydrogen) atoms. The maximum absolute atomic E-state index is 14.0. The third kappa shape index (κ3) is 3.93. The van der Waals surface area contributed by atoms with Crippen molar-refractivity contribution in [2.45, 2.75) is 44.9 Å². The number of carbonyl (C=O) groups is 1. The number of hydrogen-bond acceptors (Lipinski definition) is 4. The summed E-state index contributed by atoms with van der Waals surface area (Å²) in [5, 5.41) is 9.83. The summed E-state index contributed by atoms with van der Waals surface area (Å²) in [5.41, 5.74) is -0.447. The predicted molar refractivity (Wildman–Crippen MR) is 88.5 cm³/mol. The summed E-state index contributed by atoms with van der Waals surface area (Å²) in [4.78, 5) is 16.6. The maximum atomic E-state index is 14.0. The lowest BCUT2D eigenvalue weighted by atomic mass is 10.1. The van der Waals surface area contributed by atoms with E-state index < -0.39 is 28.9 Å².